The average molecular weight is 266 g/mol. The summed E-state index contributed by atoms with van der Waals surface area (Å²) in [6, 6.07) is 7.40. The first-order valence-corrected chi connectivity index (χ1v) is 6.32. The van der Waals surface area contributed by atoms with Crippen molar-refractivity contribution < 1.29 is 4.52 Å². The fraction of sp³-hybridized carbons (Fsp3) is 0.385. The van der Waals surface area contributed by atoms with E-state index in [4.69, 9.17) is 16.1 Å². The predicted octanol–water partition coefficient (Wildman–Crippen LogP) is 3.14. The number of hydrogen-bond acceptors (Lipinski definition) is 4. The molecule has 0 aliphatic heterocycles. The Kier molecular flexibility index (Phi) is 4.33. The number of hydrogen-bond donors (Lipinski definition) is 1. The molecule has 2 rings (SSSR count). The molecule has 5 heteroatoms. The van der Waals surface area contributed by atoms with Crippen LogP contribution < -0.4 is 5.32 Å². The quantitative estimate of drug-likeness (QED) is 0.902. The minimum Gasteiger partial charge on any atom is -0.338 e. The highest BCUT2D eigenvalue weighted by atomic mass is 35.5. The smallest absolute Gasteiger partial charge is 0.240 e. The number of benzene rings is 1. The molecule has 18 heavy (non-hydrogen) atoms. The van der Waals surface area contributed by atoms with Crippen LogP contribution in [0.5, 0.6) is 0 Å². The van der Waals surface area contributed by atoms with Crippen LogP contribution in [0.15, 0.2) is 28.8 Å². The molecule has 96 valence electrons. The number of aromatic nitrogens is 2. The van der Waals surface area contributed by atoms with Crippen LogP contribution in [0, 0.1) is 5.92 Å². The Balaban J connectivity index is 2.02. The molecule has 4 nitrogen and oxygen atoms in total. The van der Waals surface area contributed by atoms with Crippen molar-refractivity contribution in [2.45, 2.75) is 20.4 Å². The molecule has 1 N–H and O–H groups in total. The monoisotopic (exact) mass is 265 g/mol. The van der Waals surface area contributed by atoms with Crippen LogP contribution in [-0.4, -0.2) is 16.7 Å². The Labute approximate surface area is 111 Å². The molecule has 0 aliphatic rings. The number of nitrogens with one attached hydrogen (secondary N) is 1. The minimum atomic E-state index is 0.568. The van der Waals surface area contributed by atoms with E-state index in [1.807, 2.05) is 24.3 Å². The van der Waals surface area contributed by atoms with Gasteiger partial charge in [0.05, 0.1) is 6.54 Å². The van der Waals surface area contributed by atoms with Crippen molar-refractivity contribution in [2.75, 3.05) is 6.54 Å². The summed E-state index contributed by atoms with van der Waals surface area (Å²) in [6.07, 6.45) is 0. The van der Waals surface area contributed by atoms with Crippen LogP contribution in [0.3, 0.4) is 0 Å². The zero-order valence-corrected chi connectivity index (χ0v) is 11.2. The first-order chi connectivity index (χ1) is 8.65. The van der Waals surface area contributed by atoms with Gasteiger partial charge in [-0.25, -0.2) is 0 Å². The van der Waals surface area contributed by atoms with Gasteiger partial charge in [-0.1, -0.05) is 42.7 Å². The van der Waals surface area contributed by atoms with Crippen molar-refractivity contribution in [3.63, 3.8) is 0 Å². The maximum atomic E-state index is 5.92. The Morgan fingerprint density at radius 3 is 2.94 bits per heavy atom. The minimum absolute atomic E-state index is 0.568. The first kappa shape index (κ1) is 13.1. The lowest BCUT2D eigenvalue weighted by Crippen LogP contribution is -2.19. The highest BCUT2D eigenvalue weighted by Crippen LogP contribution is 2.19. The number of rotatable bonds is 5. The molecule has 0 bridgehead atoms. The van der Waals surface area contributed by atoms with E-state index >= 15 is 0 Å². The summed E-state index contributed by atoms with van der Waals surface area (Å²) in [7, 11) is 0. The van der Waals surface area contributed by atoms with Gasteiger partial charge in [0.1, 0.15) is 0 Å². The lowest BCUT2D eigenvalue weighted by atomic mass is 10.2. The molecule has 1 aromatic carbocycles. The highest BCUT2D eigenvalue weighted by Gasteiger charge is 2.08. The molecule has 1 heterocycles. The van der Waals surface area contributed by atoms with Crippen molar-refractivity contribution >= 4 is 11.6 Å². The van der Waals surface area contributed by atoms with Gasteiger partial charge < -0.3 is 9.84 Å². The molecule has 0 radical (unpaired) electrons. The number of halogens is 1. The molecule has 2 aromatic rings. The summed E-state index contributed by atoms with van der Waals surface area (Å²) >= 11 is 5.92. The van der Waals surface area contributed by atoms with Gasteiger partial charge in [-0.05, 0) is 24.6 Å². The fourth-order valence-corrected chi connectivity index (χ4v) is 1.73. The summed E-state index contributed by atoms with van der Waals surface area (Å²) in [5, 5.41) is 7.86. The summed E-state index contributed by atoms with van der Waals surface area (Å²) in [5.41, 5.74) is 0.862. The summed E-state index contributed by atoms with van der Waals surface area (Å²) in [5.74, 6) is 1.75. The molecule has 0 fully saturated rings. The Morgan fingerprint density at radius 2 is 2.22 bits per heavy atom. The van der Waals surface area contributed by atoms with Gasteiger partial charge in [0, 0.05) is 10.6 Å². The van der Waals surface area contributed by atoms with Crippen LogP contribution in [0.25, 0.3) is 11.4 Å². The van der Waals surface area contributed by atoms with Gasteiger partial charge in [-0.15, -0.1) is 0 Å². The topological polar surface area (TPSA) is 51.0 Å². The van der Waals surface area contributed by atoms with E-state index in [0.717, 1.165) is 12.1 Å². The Bertz CT molecular complexity index is 510. The normalized spacial score (nSPS) is 11.1. The first-order valence-electron chi connectivity index (χ1n) is 5.94. The van der Waals surface area contributed by atoms with Crippen LogP contribution in [0.2, 0.25) is 5.02 Å². The van der Waals surface area contributed by atoms with Gasteiger partial charge in [0.2, 0.25) is 11.7 Å². The Morgan fingerprint density at radius 1 is 1.39 bits per heavy atom. The molecule has 0 atom stereocenters. The van der Waals surface area contributed by atoms with Gasteiger partial charge in [0.15, 0.2) is 0 Å². The zero-order chi connectivity index (χ0) is 13.0. The standard InChI is InChI=1S/C13H16ClN3O/c1-9(2)7-15-8-12-16-13(17-18-12)10-4-3-5-11(14)6-10/h3-6,9,15H,7-8H2,1-2H3. The lowest BCUT2D eigenvalue weighted by Gasteiger charge is -2.03. The molecular formula is C13H16ClN3O. The van der Waals surface area contributed by atoms with Crippen molar-refractivity contribution in [1.82, 2.24) is 15.5 Å². The van der Waals surface area contributed by atoms with Crippen LogP contribution in [0.4, 0.5) is 0 Å². The molecule has 0 spiro atoms. The van der Waals surface area contributed by atoms with Crippen molar-refractivity contribution in [3.05, 3.63) is 35.2 Å². The van der Waals surface area contributed by atoms with Gasteiger partial charge in [-0.2, -0.15) is 4.98 Å². The zero-order valence-electron chi connectivity index (χ0n) is 10.5. The SMILES string of the molecule is CC(C)CNCc1nc(-c2cccc(Cl)c2)no1. The molecule has 0 aliphatic carbocycles. The van der Waals surface area contributed by atoms with E-state index in [2.05, 4.69) is 29.3 Å². The Hall–Kier alpha value is -1.39. The van der Waals surface area contributed by atoms with E-state index in [-0.39, 0.29) is 0 Å². The van der Waals surface area contributed by atoms with Gasteiger partial charge in [0.25, 0.3) is 0 Å². The average Bonchev–Trinajstić information content (AvgIpc) is 2.77. The molecule has 1 aromatic heterocycles. The van der Waals surface area contributed by atoms with Gasteiger partial charge in [-0.3, -0.25) is 0 Å². The third-order valence-electron chi connectivity index (χ3n) is 2.38. The van der Waals surface area contributed by atoms with E-state index < -0.39 is 0 Å². The third kappa shape index (κ3) is 3.55. The second-order valence-corrected chi connectivity index (χ2v) is 4.98. The van der Waals surface area contributed by atoms with E-state index in [0.29, 0.717) is 29.2 Å². The molecular weight excluding hydrogens is 250 g/mol. The largest absolute Gasteiger partial charge is 0.338 e. The van der Waals surface area contributed by atoms with E-state index in [1.165, 1.54) is 0 Å². The molecule has 0 saturated heterocycles. The van der Waals surface area contributed by atoms with Crippen molar-refractivity contribution in [3.8, 4) is 11.4 Å². The van der Waals surface area contributed by atoms with Crippen molar-refractivity contribution in [1.29, 1.82) is 0 Å². The predicted molar refractivity (Wildman–Crippen MR) is 71.3 cm³/mol. The molecule has 0 unspecified atom stereocenters. The molecule has 0 amide bonds. The maximum absolute atomic E-state index is 5.92. The van der Waals surface area contributed by atoms with Crippen LogP contribution in [-0.2, 0) is 6.54 Å². The van der Waals surface area contributed by atoms with Crippen LogP contribution >= 0.6 is 11.6 Å². The summed E-state index contributed by atoms with van der Waals surface area (Å²) in [6.45, 7) is 5.82. The fourth-order valence-electron chi connectivity index (χ4n) is 1.54. The third-order valence-corrected chi connectivity index (χ3v) is 2.61. The summed E-state index contributed by atoms with van der Waals surface area (Å²) < 4.78 is 5.17. The van der Waals surface area contributed by atoms with Gasteiger partial charge >= 0.3 is 0 Å². The summed E-state index contributed by atoms with van der Waals surface area (Å²) in [4.78, 5) is 4.32. The number of nitrogens with zero attached hydrogens (tertiary/aromatic N) is 2. The van der Waals surface area contributed by atoms with E-state index in [1.54, 1.807) is 0 Å². The molecule has 0 saturated carbocycles. The van der Waals surface area contributed by atoms with Crippen molar-refractivity contribution in [2.24, 2.45) is 5.92 Å². The maximum Gasteiger partial charge on any atom is 0.240 e. The lowest BCUT2D eigenvalue weighted by molar-refractivity contribution is 0.364. The second kappa shape index (κ2) is 5.98. The second-order valence-electron chi connectivity index (χ2n) is 4.55. The van der Waals surface area contributed by atoms with Crippen LogP contribution in [0.1, 0.15) is 19.7 Å². The highest BCUT2D eigenvalue weighted by molar-refractivity contribution is 6.30. The van der Waals surface area contributed by atoms with E-state index in [9.17, 15) is 0 Å².